The molecule has 2 heteroatoms. The topological polar surface area (TPSA) is 22.0 Å². The Morgan fingerprint density at radius 1 is 1.05 bits per heavy atom. The molecule has 1 aliphatic rings. The maximum Gasteiger partial charge on any atom is 0.251 e. The predicted octanol–water partition coefficient (Wildman–Crippen LogP) is 3.41. The van der Waals surface area contributed by atoms with Gasteiger partial charge < -0.3 is 4.57 Å². The zero-order valence-electron chi connectivity index (χ0n) is 10.9. The molecule has 4 rings (SSSR count). The number of hydrogen-bond donors (Lipinski definition) is 0. The first-order valence-corrected chi connectivity index (χ1v) is 6.80. The van der Waals surface area contributed by atoms with Crippen LogP contribution in [-0.2, 0) is 13.0 Å². The standard InChI is InChI=1S/C17H15NO/c1-11-4-5-12-10-13-3-2-8-18-16(19)7-6-14(17(13)18)15(12)9-11/h4-7,9-10H,2-3,8H2,1H3. The van der Waals surface area contributed by atoms with Gasteiger partial charge in [-0.3, -0.25) is 4.79 Å². The number of nitrogens with zero attached hydrogens (tertiary/aromatic N) is 1. The van der Waals surface area contributed by atoms with Crippen molar-refractivity contribution in [2.24, 2.45) is 0 Å². The highest BCUT2D eigenvalue weighted by atomic mass is 16.1. The van der Waals surface area contributed by atoms with Gasteiger partial charge in [-0.15, -0.1) is 0 Å². The summed E-state index contributed by atoms with van der Waals surface area (Å²) in [6, 6.07) is 12.5. The van der Waals surface area contributed by atoms with Gasteiger partial charge in [0.15, 0.2) is 0 Å². The molecule has 3 aromatic rings. The van der Waals surface area contributed by atoms with Gasteiger partial charge in [0.1, 0.15) is 0 Å². The highest BCUT2D eigenvalue weighted by molar-refractivity contribution is 6.08. The zero-order chi connectivity index (χ0) is 13.0. The lowest BCUT2D eigenvalue weighted by molar-refractivity contribution is 0.616. The van der Waals surface area contributed by atoms with Crippen LogP contribution in [0.3, 0.4) is 0 Å². The molecule has 0 unspecified atom stereocenters. The SMILES string of the molecule is Cc1ccc2cc3c4c(ccc(=O)n4CCC3)c2c1. The second-order valence-corrected chi connectivity index (χ2v) is 5.45. The molecular weight excluding hydrogens is 234 g/mol. The third-order valence-corrected chi connectivity index (χ3v) is 4.14. The molecule has 0 aliphatic carbocycles. The van der Waals surface area contributed by atoms with Gasteiger partial charge in [0.25, 0.3) is 5.56 Å². The van der Waals surface area contributed by atoms with Crippen LogP contribution in [0, 0.1) is 6.92 Å². The van der Waals surface area contributed by atoms with Crippen molar-refractivity contribution in [3.8, 4) is 0 Å². The molecule has 19 heavy (non-hydrogen) atoms. The number of fused-ring (bicyclic) bond motifs is 2. The van der Waals surface area contributed by atoms with Gasteiger partial charge in [-0.25, -0.2) is 0 Å². The molecule has 0 fully saturated rings. The molecule has 94 valence electrons. The summed E-state index contributed by atoms with van der Waals surface area (Å²) in [5, 5.41) is 3.75. The quantitative estimate of drug-likeness (QED) is 0.560. The van der Waals surface area contributed by atoms with Gasteiger partial charge in [-0.05, 0) is 48.2 Å². The highest BCUT2D eigenvalue weighted by Gasteiger charge is 2.15. The first-order valence-electron chi connectivity index (χ1n) is 6.80. The molecule has 0 amide bonds. The Hall–Kier alpha value is -2.09. The van der Waals surface area contributed by atoms with Crippen LogP contribution in [0.2, 0.25) is 0 Å². The van der Waals surface area contributed by atoms with E-state index in [-0.39, 0.29) is 5.56 Å². The van der Waals surface area contributed by atoms with Gasteiger partial charge in [-0.2, -0.15) is 0 Å². The number of aromatic nitrogens is 1. The van der Waals surface area contributed by atoms with E-state index in [4.69, 9.17) is 0 Å². The Labute approximate surface area is 111 Å². The molecular formula is C17H15NO. The Morgan fingerprint density at radius 3 is 2.84 bits per heavy atom. The van der Waals surface area contributed by atoms with E-state index in [9.17, 15) is 4.79 Å². The van der Waals surface area contributed by atoms with Crippen molar-refractivity contribution in [2.75, 3.05) is 0 Å². The second-order valence-electron chi connectivity index (χ2n) is 5.45. The first kappa shape index (κ1) is 10.8. The summed E-state index contributed by atoms with van der Waals surface area (Å²) in [5.74, 6) is 0. The largest absolute Gasteiger partial charge is 0.308 e. The third-order valence-electron chi connectivity index (χ3n) is 4.14. The molecule has 1 aromatic heterocycles. The predicted molar refractivity (Wildman–Crippen MR) is 78.8 cm³/mol. The summed E-state index contributed by atoms with van der Waals surface area (Å²) in [5.41, 5.74) is 3.85. The number of hydrogen-bond acceptors (Lipinski definition) is 1. The monoisotopic (exact) mass is 249 g/mol. The lowest BCUT2D eigenvalue weighted by Crippen LogP contribution is -2.23. The molecule has 2 heterocycles. The van der Waals surface area contributed by atoms with Crippen molar-refractivity contribution in [1.29, 1.82) is 0 Å². The first-order chi connectivity index (χ1) is 9.24. The van der Waals surface area contributed by atoms with Crippen molar-refractivity contribution in [3.05, 3.63) is 57.9 Å². The molecule has 0 radical (unpaired) electrons. The fourth-order valence-electron chi connectivity index (χ4n) is 3.27. The van der Waals surface area contributed by atoms with E-state index < -0.39 is 0 Å². The minimum Gasteiger partial charge on any atom is -0.308 e. The number of benzene rings is 2. The molecule has 0 atom stereocenters. The van der Waals surface area contributed by atoms with E-state index >= 15 is 0 Å². The van der Waals surface area contributed by atoms with Crippen LogP contribution in [-0.4, -0.2) is 4.57 Å². The lowest BCUT2D eigenvalue weighted by atomic mass is 9.95. The van der Waals surface area contributed by atoms with Gasteiger partial charge in [-0.1, -0.05) is 23.8 Å². The van der Waals surface area contributed by atoms with Gasteiger partial charge in [0.2, 0.25) is 0 Å². The summed E-state index contributed by atoms with van der Waals surface area (Å²) >= 11 is 0. The molecule has 0 spiro atoms. The normalized spacial score (nSPS) is 14.2. The Balaban J connectivity index is 2.31. The number of rotatable bonds is 0. The molecule has 0 bridgehead atoms. The van der Waals surface area contributed by atoms with Crippen molar-refractivity contribution in [2.45, 2.75) is 26.3 Å². The summed E-state index contributed by atoms with van der Waals surface area (Å²) < 4.78 is 1.94. The molecule has 0 saturated carbocycles. The summed E-state index contributed by atoms with van der Waals surface area (Å²) in [6.07, 6.45) is 2.13. The van der Waals surface area contributed by atoms with Crippen LogP contribution in [0.1, 0.15) is 17.5 Å². The Bertz CT molecular complexity index is 874. The average molecular weight is 249 g/mol. The van der Waals surface area contributed by atoms with E-state index in [2.05, 4.69) is 31.2 Å². The van der Waals surface area contributed by atoms with E-state index in [1.165, 1.54) is 27.3 Å². The van der Waals surface area contributed by atoms with E-state index in [1.54, 1.807) is 6.07 Å². The Morgan fingerprint density at radius 2 is 1.95 bits per heavy atom. The lowest BCUT2D eigenvalue weighted by Gasteiger charge is -2.20. The van der Waals surface area contributed by atoms with Crippen molar-refractivity contribution in [1.82, 2.24) is 4.57 Å². The Kier molecular flexibility index (Phi) is 2.10. The van der Waals surface area contributed by atoms with Crippen LogP contribution in [0.25, 0.3) is 21.7 Å². The zero-order valence-corrected chi connectivity index (χ0v) is 10.9. The minimum absolute atomic E-state index is 0.125. The molecule has 1 aliphatic heterocycles. The van der Waals surface area contributed by atoms with Gasteiger partial charge in [0.05, 0.1) is 5.52 Å². The summed E-state index contributed by atoms with van der Waals surface area (Å²) in [4.78, 5) is 12.0. The van der Waals surface area contributed by atoms with Crippen molar-refractivity contribution >= 4 is 21.7 Å². The van der Waals surface area contributed by atoms with Crippen LogP contribution in [0.15, 0.2) is 41.2 Å². The minimum atomic E-state index is 0.125. The maximum absolute atomic E-state index is 12.0. The van der Waals surface area contributed by atoms with Gasteiger partial charge in [0, 0.05) is 18.0 Å². The third kappa shape index (κ3) is 1.46. The van der Waals surface area contributed by atoms with Crippen LogP contribution >= 0.6 is 0 Å². The van der Waals surface area contributed by atoms with E-state index in [0.29, 0.717) is 0 Å². The van der Waals surface area contributed by atoms with Gasteiger partial charge >= 0.3 is 0 Å². The maximum atomic E-state index is 12.0. The fraction of sp³-hybridized carbons (Fsp3) is 0.235. The molecule has 2 aromatic carbocycles. The van der Waals surface area contributed by atoms with E-state index in [1.807, 2.05) is 10.6 Å². The molecule has 2 nitrogen and oxygen atoms in total. The second kappa shape index (κ2) is 3.70. The van der Waals surface area contributed by atoms with Crippen molar-refractivity contribution in [3.63, 3.8) is 0 Å². The van der Waals surface area contributed by atoms with Crippen molar-refractivity contribution < 1.29 is 0 Å². The number of pyridine rings is 1. The van der Waals surface area contributed by atoms with Crippen LogP contribution in [0.5, 0.6) is 0 Å². The number of aryl methyl sites for hydroxylation is 3. The summed E-state index contributed by atoms with van der Waals surface area (Å²) in [6.45, 7) is 2.96. The van der Waals surface area contributed by atoms with E-state index in [0.717, 1.165) is 24.9 Å². The summed E-state index contributed by atoms with van der Waals surface area (Å²) in [7, 11) is 0. The fourth-order valence-corrected chi connectivity index (χ4v) is 3.27. The average Bonchev–Trinajstić information content (AvgIpc) is 2.42. The highest BCUT2D eigenvalue weighted by Crippen LogP contribution is 2.31. The van der Waals surface area contributed by atoms with Crippen LogP contribution in [0.4, 0.5) is 0 Å². The van der Waals surface area contributed by atoms with Crippen LogP contribution < -0.4 is 5.56 Å². The molecule has 0 saturated heterocycles. The molecule has 0 N–H and O–H groups in total. The smallest absolute Gasteiger partial charge is 0.251 e.